The van der Waals surface area contributed by atoms with Crippen molar-refractivity contribution in [3.8, 4) is 0 Å². The van der Waals surface area contributed by atoms with Gasteiger partial charge in [-0.15, -0.1) is 0 Å². The second-order valence-corrected chi connectivity index (χ2v) is 5.40. The molecule has 0 aromatic heterocycles. The number of Topliss-reactive ketones (excluding diaryl/α,β-unsaturated/α-hetero) is 1. The van der Waals surface area contributed by atoms with Crippen molar-refractivity contribution < 1.29 is 19.1 Å². The summed E-state index contributed by atoms with van der Waals surface area (Å²) in [6.07, 6.45) is 3.01. The Morgan fingerprint density at radius 1 is 1.06 bits per heavy atom. The Kier molecular flexibility index (Phi) is 1.78. The molecule has 0 radical (unpaired) electrons. The predicted octanol–water partition coefficient (Wildman–Crippen LogP) is 1.06. The molecule has 17 heavy (non-hydrogen) atoms. The van der Waals surface area contributed by atoms with Crippen molar-refractivity contribution in [1.82, 2.24) is 0 Å². The fraction of sp³-hybridized carbons (Fsp3) is 0.692. The summed E-state index contributed by atoms with van der Waals surface area (Å²) in [7, 11) is 0. The maximum atomic E-state index is 12.3. The van der Waals surface area contributed by atoms with E-state index in [4.69, 9.17) is 9.47 Å². The third-order valence-electron chi connectivity index (χ3n) is 4.68. The van der Waals surface area contributed by atoms with Gasteiger partial charge in [-0.25, -0.2) is 0 Å². The minimum absolute atomic E-state index is 0.0195. The van der Waals surface area contributed by atoms with Gasteiger partial charge in [-0.3, -0.25) is 9.59 Å². The summed E-state index contributed by atoms with van der Waals surface area (Å²) in [6.45, 7) is 0.935. The molecule has 2 aliphatic heterocycles. The van der Waals surface area contributed by atoms with Crippen molar-refractivity contribution in [3.05, 3.63) is 11.3 Å². The number of ether oxygens (including phenoxy) is 2. The quantitative estimate of drug-likeness (QED) is 0.588. The fourth-order valence-electron chi connectivity index (χ4n) is 3.91. The first-order valence-corrected chi connectivity index (χ1v) is 6.34. The number of carbonyl (C=O) groups excluding carboxylic acids is 2. The van der Waals surface area contributed by atoms with Gasteiger partial charge < -0.3 is 9.47 Å². The van der Waals surface area contributed by atoms with E-state index in [1.165, 1.54) is 0 Å². The molecule has 0 spiro atoms. The molecule has 4 nitrogen and oxygen atoms in total. The molecule has 90 valence electrons. The average molecular weight is 234 g/mol. The van der Waals surface area contributed by atoms with Gasteiger partial charge in [0.05, 0.1) is 12.5 Å². The van der Waals surface area contributed by atoms with Gasteiger partial charge in [0, 0.05) is 5.92 Å². The molecule has 2 heterocycles. The molecule has 0 bridgehead atoms. The molecule has 2 fully saturated rings. The lowest BCUT2D eigenvalue weighted by molar-refractivity contribution is -0.142. The van der Waals surface area contributed by atoms with Crippen molar-refractivity contribution in [1.29, 1.82) is 0 Å². The smallest absolute Gasteiger partial charge is 0.317 e. The zero-order chi connectivity index (χ0) is 11.6. The van der Waals surface area contributed by atoms with E-state index in [0.717, 1.165) is 30.6 Å². The van der Waals surface area contributed by atoms with Crippen LogP contribution in [0.25, 0.3) is 0 Å². The van der Waals surface area contributed by atoms with E-state index in [2.05, 4.69) is 0 Å². The van der Waals surface area contributed by atoms with E-state index in [-0.39, 0.29) is 30.2 Å². The van der Waals surface area contributed by atoms with Gasteiger partial charge >= 0.3 is 5.97 Å². The highest BCUT2D eigenvalue weighted by molar-refractivity contribution is 5.96. The SMILES string of the molecule is O=C1OC[C@@H]2C(=O)[C@@H]3CC[C@@H]4CCOC(=C43)[C@H]12. The summed E-state index contributed by atoms with van der Waals surface area (Å²) >= 11 is 0. The van der Waals surface area contributed by atoms with Crippen LogP contribution in [0.5, 0.6) is 0 Å². The van der Waals surface area contributed by atoms with Crippen LogP contribution in [0.15, 0.2) is 11.3 Å². The largest absolute Gasteiger partial charge is 0.497 e. The van der Waals surface area contributed by atoms with Crippen LogP contribution < -0.4 is 0 Å². The summed E-state index contributed by atoms with van der Waals surface area (Å²) in [5.74, 6) is 0.547. The number of ketones is 1. The number of carbonyl (C=O) groups is 2. The number of fused-ring (bicyclic) bond motifs is 2. The third-order valence-corrected chi connectivity index (χ3v) is 4.68. The summed E-state index contributed by atoms with van der Waals surface area (Å²) < 4.78 is 10.8. The van der Waals surface area contributed by atoms with Gasteiger partial charge in [-0.1, -0.05) is 0 Å². The Hall–Kier alpha value is -1.32. The number of hydrogen-bond acceptors (Lipinski definition) is 4. The monoisotopic (exact) mass is 234 g/mol. The number of hydrogen-bond donors (Lipinski definition) is 0. The highest BCUT2D eigenvalue weighted by Gasteiger charge is 2.56. The normalized spacial score (nSPS) is 43.1. The van der Waals surface area contributed by atoms with Gasteiger partial charge in [0.15, 0.2) is 0 Å². The summed E-state index contributed by atoms with van der Waals surface area (Å²) in [5.41, 5.74) is 1.14. The Bertz CT molecular complexity index is 450. The Morgan fingerprint density at radius 2 is 1.94 bits per heavy atom. The zero-order valence-electron chi connectivity index (χ0n) is 9.48. The molecule has 0 aromatic rings. The van der Waals surface area contributed by atoms with Crippen molar-refractivity contribution in [3.63, 3.8) is 0 Å². The summed E-state index contributed by atoms with van der Waals surface area (Å²) in [5, 5.41) is 0. The lowest BCUT2D eigenvalue weighted by atomic mass is 9.72. The highest BCUT2D eigenvalue weighted by atomic mass is 16.5. The van der Waals surface area contributed by atoms with E-state index in [1.54, 1.807) is 0 Å². The number of cyclic esters (lactones) is 1. The van der Waals surface area contributed by atoms with Crippen LogP contribution >= 0.6 is 0 Å². The molecular weight excluding hydrogens is 220 g/mol. The standard InChI is InChI=1S/C13H14O4/c14-11-7-2-1-6-3-4-16-12(9(6)7)10-8(11)5-17-13(10)15/h6-8,10H,1-5H2/t6-,7-,8+,10-/m1/s1. The van der Waals surface area contributed by atoms with Crippen molar-refractivity contribution in [2.45, 2.75) is 19.3 Å². The van der Waals surface area contributed by atoms with E-state index >= 15 is 0 Å². The van der Waals surface area contributed by atoms with Crippen molar-refractivity contribution in [2.75, 3.05) is 13.2 Å². The lowest BCUT2D eigenvalue weighted by Crippen LogP contribution is -2.39. The number of esters is 1. The predicted molar refractivity (Wildman–Crippen MR) is 56.8 cm³/mol. The van der Waals surface area contributed by atoms with Gasteiger partial charge in [-0.05, 0) is 30.8 Å². The zero-order valence-corrected chi connectivity index (χ0v) is 9.48. The van der Waals surface area contributed by atoms with Crippen LogP contribution in [0.1, 0.15) is 19.3 Å². The first-order chi connectivity index (χ1) is 8.27. The highest BCUT2D eigenvalue weighted by Crippen LogP contribution is 2.52. The van der Waals surface area contributed by atoms with Gasteiger partial charge in [0.25, 0.3) is 0 Å². The molecule has 0 amide bonds. The van der Waals surface area contributed by atoms with Crippen LogP contribution in [0.4, 0.5) is 0 Å². The first-order valence-electron chi connectivity index (χ1n) is 6.34. The molecule has 1 saturated heterocycles. The maximum Gasteiger partial charge on any atom is 0.317 e. The van der Waals surface area contributed by atoms with E-state index < -0.39 is 5.92 Å². The van der Waals surface area contributed by atoms with Gasteiger partial charge in [0.1, 0.15) is 24.1 Å². The summed E-state index contributed by atoms with van der Waals surface area (Å²) in [4.78, 5) is 24.1. The van der Waals surface area contributed by atoms with E-state index in [1.807, 2.05) is 0 Å². The first kappa shape index (κ1) is 9.68. The molecule has 4 atom stereocenters. The van der Waals surface area contributed by atoms with Crippen LogP contribution in [-0.2, 0) is 19.1 Å². The molecule has 4 aliphatic rings. The van der Waals surface area contributed by atoms with E-state index in [9.17, 15) is 9.59 Å². The summed E-state index contributed by atoms with van der Waals surface area (Å²) in [6, 6.07) is 0. The molecular formula is C13H14O4. The maximum absolute atomic E-state index is 12.3. The van der Waals surface area contributed by atoms with Crippen LogP contribution in [0.3, 0.4) is 0 Å². The molecule has 2 aliphatic carbocycles. The van der Waals surface area contributed by atoms with E-state index in [0.29, 0.717) is 12.5 Å². The van der Waals surface area contributed by atoms with Gasteiger partial charge in [-0.2, -0.15) is 0 Å². The minimum Gasteiger partial charge on any atom is -0.497 e. The van der Waals surface area contributed by atoms with Gasteiger partial charge in [0.2, 0.25) is 0 Å². The average Bonchev–Trinajstić information content (AvgIpc) is 2.91. The lowest BCUT2D eigenvalue weighted by Gasteiger charge is -2.34. The van der Waals surface area contributed by atoms with Crippen LogP contribution in [-0.4, -0.2) is 25.0 Å². The Balaban J connectivity index is 1.89. The third kappa shape index (κ3) is 1.08. The van der Waals surface area contributed by atoms with Crippen LogP contribution in [0.2, 0.25) is 0 Å². The Morgan fingerprint density at radius 3 is 2.82 bits per heavy atom. The van der Waals surface area contributed by atoms with Crippen molar-refractivity contribution >= 4 is 11.8 Å². The molecule has 0 aromatic carbocycles. The Labute approximate surface area is 99.0 Å². The second kappa shape index (κ2) is 3.12. The second-order valence-electron chi connectivity index (χ2n) is 5.40. The molecule has 4 heteroatoms. The van der Waals surface area contributed by atoms with Crippen molar-refractivity contribution in [2.24, 2.45) is 23.7 Å². The molecule has 1 saturated carbocycles. The molecule has 0 N–H and O–H groups in total. The topological polar surface area (TPSA) is 52.6 Å². The number of rotatable bonds is 0. The van der Waals surface area contributed by atoms with Crippen LogP contribution in [0, 0.1) is 23.7 Å². The molecule has 0 unspecified atom stereocenters. The number of allylic oxidation sites excluding steroid dienone is 1. The minimum atomic E-state index is -0.422. The fourth-order valence-corrected chi connectivity index (χ4v) is 3.91. The molecule has 4 rings (SSSR count).